The van der Waals surface area contributed by atoms with E-state index in [1.807, 2.05) is 0 Å². The van der Waals surface area contributed by atoms with Gasteiger partial charge in [-0.25, -0.2) is 0 Å². The molecule has 1 aliphatic rings. The third kappa shape index (κ3) is 1.48. The van der Waals surface area contributed by atoms with Gasteiger partial charge in [0.15, 0.2) is 0 Å². The van der Waals surface area contributed by atoms with E-state index in [1.165, 1.54) is 0 Å². The second kappa shape index (κ2) is 2.86. The van der Waals surface area contributed by atoms with Crippen molar-refractivity contribution < 1.29 is 10.2 Å². The van der Waals surface area contributed by atoms with Crippen molar-refractivity contribution in [3.05, 3.63) is 0 Å². The first-order chi connectivity index (χ1) is 4.67. The molecule has 0 amide bonds. The molecule has 1 heterocycles. The molecular formula is C7H15NO2. The van der Waals surface area contributed by atoms with E-state index in [0.717, 1.165) is 19.5 Å². The first-order valence-electron chi connectivity index (χ1n) is 3.71. The van der Waals surface area contributed by atoms with E-state index < -0.39 is 5.60 Å². The summed E-state index contributed by atoms with van der Waals surface area (Å²) >= 11 is 0. The lowest BCUT2D eigenvalue weighted by molar-refractivity contribution is -0.0402. The van der Waals surface area contributed by atoms with Gasteiger partial charge in [-0.1, -0.05) is 0 Å². The molecule has 1 fully saturated rings. The highest BCUT2D eigenvalue weighted by Gasteiger charge is 2.32. The Morgan fingerprint density at radius 2 is 2.40 bits per heavy atom. The molecule has 0 aliphatic carbocycles. The van der Waals surface area contributed by atoms with Gasteiger partial charge in [-0.2, -0.15) is 0 Å². The van der Waals surface area contributed by atoms with Crippen molar-refractivity contribution in [2.45, 2.75) is 18.9 Å². The van der Waals surface area contributed by atoms with E-state index in [4.69, 9.17) is 5.11 Å². The molecule has 1 aliphatic heterocycles. The Balaban J connectivity index is 2.45. The van der Waals surface area contributed by atoms with Gasteiger partial charge in [0.1, 0.15) is 0 Å². The molecule has 2 unspecified atom stereocenters. The van der Waals surface area contributed by atoms with Gasteiger partial charge in [0.05, 0.1) is 12.2 Å². The fourth-order valence-electron chi connectivity index (χ4n) is 1.31. The fourth-order valence-corrected chi connectivity index (χ4v) is 1.31. The lowest BCUT2D eigenvalue weighted by Crippen LogP contribution is -2.39. The molecule has 3 nitrogen and oxygen atoms in total. The summed E-state index contributed by atoms with van der Waals surface area (Å²) in [6, 6.07) is 0. The molecule has 0 bridgehead atoms. The molecule has 3 heteroatoms. The van der Waals surface area contributed by atoms with Gasteiger partial charge in [0.2, 0.25) is 0 Å². The number of nitrogens with one attached hydrogen (secondary N) is 1. The van der Waals surface area contributed by atoms with Crippen molar-refractivity contribution in [1.29, 1.82) is 0 Å². The summed E-state index contributed by atoms with van der Waals surface area (Å²) in [4.78, 5) is 0. The molecular weight excluding hydrogens is 130 g/mol. The van der Waals surface area contributed by atoms with Crippen LogP contribution in [0.3, 0.4) is 0 Å². The van der Waals surface area contributed by atoms with E-state index >= 15 is 0 Å². The number of rotatable bonds is 2. The van der Waals surface area contributed by atoms with E-state index in [2.05, 4.69) is 5.32 Å². The molecule has 10 heavy (non-hydrogen) atoms. The summed E-state index contributed by atoms with van der Waals surface area (Å²) in [5.41, 5.74) is -0.885. The lowest BCUT2D eigenvalue weighted by atomic mass is 9.89. The number of hydrogen-bond donors (Lipinski definition) is 3. The highest BCUT2D eigenvalue weighted by molar-refractivity contribution is 4.86. The van der Waals surface area contributed by atoms with Crippen molar-refractivity contribution in [2.24, 2.45) is 5.92 Å². The Morgan fingerprint density at radius 1 is 1.70 bits per heavy atom. The zero-order valence-electron chi connectivity index (χ0n) is 6.30. The molecule has 1 rings (SSSR count). The fraction of sp³-hybridized carbons (Fsp3) is 1.00. The predicted octanol–water partition coefficient (Wildman–Crippen LogP) is -0.661. The first kappa shape index (κ1) is 7.98. The summed E-state index contributed by atoms with van der Waals surface area (Å²) in [5.74, 6) is 0.220. The van der Waals surface area contributed by atoms with Crippen molar-refractivity contribution >= 4 is 0 Å². The van der Waals surface area contributed by atoms with Crippen LogP contribution in [-0.2, 0) is 0 Å². The number of aliphatic hydroxyl groups excluding tert-OH is 1. The summed E-state index contributed by atoms with van der Waals surface area (Å²) in [6.07, 6.45) is 0.966. The molecule has 0 aromatic heterocycles. The smallest absolute Gasteiger partial charge is 0.0889 e. The van der Waals surface area contributed by atoms with Gasteiger partial charge < -0.3 is 15.5 Å². The van der Waals surface area contributed by atoms with Crippen molar-refractivity contribution in [3.63, 3.8) is 0 Å². The Labute approximate surface area is 61.1 Å². The summed E-state index contributed by atoms with van der Waals surface area (Å²) in [7, 11) is 0. The maximum absolute atomic E-state index is 9.53. The van der Waals surface area contributed by atoms with Gasteiger partial charge in [0, 0.05) is 12.5 Å². The number of aliphatic hydroxyl groups is 2. The van der Waals surface area contributed by atoms with Gasteiger partial charge in [-0.05, 0) is 19.9 Å². The van der Waals surface area contributed by atoms with Crippen molar-refractivity contribution in [3.8, 4) is 0 Å². The van der Waals surface area contributed by atoms with Crippen LogP contribution in [0.5, 0.6) is 0 Å². The zero-order valence-corrected chi connectivity index (χ0v) is 6.30. The SMILES string of the molecule is CC(O)(CO)C1CCNC1. The molecule has 60 valence electrons. The zero-order chi connectivity index (χ0) is 7.61. The van der Waals surface area contributed by atoms with Crippen LogP contribution in [-0.4, -0.2) is 35.5 Å². The second-order valence-electron chi connectivity index (χ2n) is 3.21. The predicted molar refractivity (Wildman–Crippen MR) is 38.7 cm³/mol. The van der Waals surface area contributed by atoms with Crippen LogP contribution >= 0.6 is 0 Å². The van der Waals surface area contributed by atoms with Gasteiger partial charge in [0.25, 0.3) is 0 Å². The average molecular weight is 145 g/mol. The number of hydrogen-bond acceptors (Lipinski definition) is 3. The molecule has 0 spiro atoms. The molecule has 0 aromatic rings. The normalized spacial score (nSPS) is 32.1. The van der Waals surface area contributed by atoms with Crippen molar-refractivity contribution in [2.75, 3.05) is 19.7 Å². The summed E-state index contributed by atoms with van der Waals surface area (Å²) in [5, 5.41) is 21.5. The Morgan fingerprint density at radius 3 is 2.80 bits per heavy atom. The molecule has 1 saturated heterocycles. The van der Waals surface area contributed by atoms with E-state index in [9.17, 15) is 5.11 Å². The van der Waals surface area contributed by atoms with Crippen LogP contribution in [0.2, 0.25) is 0 Å². The summed E-state index contributed by atoms with van der Waals surface area (Å²) in [6.45, 7) is 3.33. The minimum absolute atomic E-state index is 0.140. The lowest BCUT2D eigenvalue weighted by Gasteiger charge is -2.26. The molecule has 2 atom stereocenters. The van der Waals surface area contributed by atoms with Crippen LogP contribution in [0.15, 0.2) is 0 Å². The maximum atomic E-state index is 9.53. The van der Waals surface area contributed by atoms with Gasteiger partial charge in [-0.3, -0.25) is 0 Å². The van der Waals surface area contributed by atoms with Crippen molar-refractivity contribution in [1.82, 2.24) is 5.32 Å². The van der Waals surface area contributed by atoms with Crippen LogP contribution < -0.4 is 5.32 Å². The molecule has 0 saturated carbocycles. The average Bonchev–Trinajstić information content (AvgIpc) is 2.38. The minimum atomic E-state index is -0.885. The second-order valence-corrected chi connectivity index (χ2v) is 3.21. The van der Waals surface area contributed by atoms with Crippen LogP contribution in [0.4, 0.5) is 0 Å². The Hall–Kier alpha value is -0.120. The maximum Gasteiger partial charge on any atom is 0.0889 e. The largest absolute Gasteiger partial charge is 0.393 e. The molecule has 3 N–H and O–H groups in total. The topological polar surface area (TPSA) is 52.5 Å². The first-order valence-corrected chi connectivity index (χ1v) is 3.71. The summed E-state index contributed by atoms with van der Waals surface area (Å²) < 4.78 is 0. The monoisotopic (exact) mass is 145 g/mol. The van der Waals surface area contributed by atoms with E-state index in [0.29, 0.717) is 0 Å². The van der Waals surface area contributed by atoms with Gasteiger partial charge in [-0.15, -0.1) is 0 Å². The van der Waals surface area contributed by atoms with Crippen LogP contribution in [0.25, 0.3) is 0 Å². The van der Waals surface area contributed by atoms with E-state index in [-0.39, 0.29) is 12.5 Å². The third-order valence-electron chi connectivity index (χ3n) is 2.26. The van der Waals surface area contributed by atoms with Gasteiger partial charge >= 0.3 is 0 Å². The van der Waals surface area contributed by atoms with E-state index in [1.54, 1.807) is 6.92 Å². The standard InChI is InChI=1S/C7H15NO2/c1-7(10,5-9)6-2-3-8-4-6/h6,8-10H,2-5H2,1H3. The quantitative estimate of drug-likeness (QED) is 0.483. The highest BCUT2D eigenvalue weighted by Crippen LogP contribution is 2.21. The Kier molecular flexibility index (Phi) is 2.28. The van der Waals surface area contributed by atoms with Crippen LogP contribution in [0, 0.1) is 5.92 Å². The Bertz CT molecular complexity index is 108. The highest BCUT2D eigenvalue weighted by atomic mass is 16.3. The third-order valence-corrected chi connectivity index (χ3v) is 2.26. The molecule has 0 radical (unpaired) electrons. The van der Waals surface area contributed by atoms with Crippen LogP contribution in [0.1, 0.15) is 13.3 Å². The molecule has 0 aromatic carbocycles. The minimum Gasteiger partial charge on any atom is -0.393 e.